The second-order valence-corrected chi connectivity index (χ2v) is 12.6. The summed E-state index contributed by atoms with van der Waals surface area (Å²) in [6, 6.07) is 0. The number of nitrogens with one attached hydrogen (secondary N) is 4. The Hall–Kier alpha value is -2.49. The highest BCUT2D eigenvalue weighted by molar-refractivity contribution is 5.76. The van der Waals surface area contributed by atoms with Crippen LogP contribution in [0.2, 0.25) is 0 Å². The summed E-state index contributed by atoms with van der Waals surface area (Å²) in [4.78, 5) is 42.3. The number of hydroxylamine groups is 1. The van der Waals surface area contributed by atoms with Gasteiger partial charge in [0, 0.05) is 51.7 Å². The smallest absolute Gasteiger partial charge is 0.222 e. The zero-order valence-corrected chi connectivity index (χ0v) is 30.4. The van der Waals surface area contributed by atoms with E-state index in [4.69, 9.17) is 52.2 Å². The summed E-state index contributed by atoms with van der Waals surface area (Å²) >= 11 is 0. The molecule has 3 atom stereocenters. The molecule has 0 spiro atoms. The first-order chi connectivity index (χ1) is 25.5. The number of amides is 3. The van der Waals surface area contributed by atoms with Gasteiger partial charge in [-0.25, -0.2) is 0 Å². The van der Waals surface area contributed by atoms with Crippen LogP contribution in [0.3, 0.4) is 0 Å². The van der Waals surface area contributed by atoms with Crippen molar-refractivity contribution in [1.29, 1.82) is 0 Å². The molecular formula is C34H60N4O14. The van der Waals surface area contributed by atoms with E-state index in [0.717, 1.165) is 19.8 Å². The lowest BCUT2D eigenvalue weighted by molar-refractivity contribution is -0.128. The number of rotatable bonds is 38. The van der Waals surface area contributed by atoms with Gasteiger partial charge < -0.3 is 63.3 Å². The molecule has 3 saturated heterocycles. The fourth-order valence-corrected chi connectivity index (χ4v) is 4.44. The highest BCUT2D eigenvalue weighted by atomic mass is 16.6. The number of carbonyl (C=O) groups excluding carboxylic acids is 3. The molecule has 3 unspecified atom stereocenters. The average molecular weight is 749 g/mol. The molecule has 0 saturated carbocycles. The fraction of sp³-hybridized carbons (Fsp3) is 0.853. The molecule has 3 rings (SSSR count). The summed E-state index contributed by atoms with van der Waals surface area (Å²) in [5.41, 5.74) is 1.77. The van der Waals surface area contributed by atoms with Crippen LogP contribution in [0.15, 0.2) is 12.8 Å². The summed E-state index contributed by atoms with van der Waals surface area (Å²) in [7, 11) is 0. The summed E-state index contributed by atoms with van der Waals surface area (Å²) < 4.78 is 55.7. The molecular weight excluding hydrogens is 688 g/mol. The van der Waals surface area contributed by atoms with Gasteiger partial charge in [0.05, 0.1) is 118 Å². The van der Waals surface area contributed by atoms with Gasteiger partial charge >= 0.3 is 0 Å². The molecule has 0 aliphatic carbocycles. The summed E-state index contributed by atoms with van der Waals surface area (Å²) in [6.07, 6.45) is 3.00. The monoisotopic (exact) mass is 748 g/mol. The lowest BCUT2D eigenvalue weighted by Gasteiger charge is -2.33. The van der Waals surface area contributed by atoms with Gasteiger partial charge in [-0.3, -0.25) is 24.7 Å². The number of carbonyl (C=O) groups is 3. The molecule has 3 fully saturated rings. The standard InChI is InChI=1S/C34H60N4O14/c1-2-38-52-11-3-10-45-24-34(25-46-12-4-31(39)35-7-15-42-18-28-21-49-28,26-47-13-5-32(40)36-8-16-43-19-29-22-50-29)27-48-14-6-33(41)37-9-17-44-20-30-23-51-30/h2,28-30,38H,1,3-27H2,(H,35,39)(H,36,40)(H,37,41). The number of epoxide rings is 3. The van der Waals surface area contributed by atoms with Gasteiger partial charge in [0.1, 0.15) is 18.3 Å². The largest absolute Gasteiger partial charge is 0.381 e. The minimum Gasteiger partial charge on any atom is -0.381 e. The first kappa shape index (κ1) is 43.9. The second kappa shape index (κ2) is 28.0. The van der Waals surface area contributed by atoms with Crippen molar-refractivity contribution in [2.75, 3.05) is 139 Å². The van der Waals surface area contributed by atoms with Crippen LogP contribution >= 0.6 is 0 Å². The van der Waals surface area contributed by atoms with Gasteiger partial charge in [-0.15, -0.1) is 0 Å². The Balaban J connectivity index is 1.43. The third kappa shape index (κ3) is 24.7. The first-order valence-corrected chi connectivity index (χ1v) is 18.2. The Kier molecular flexibility index (Phi) is 23.7. The van der Waals surface area contributed by atoms with Crippen LogP contribution in [0.5, 0.6) is 0 Å². The van der Waals surface area contributed by atoms with Crippen molar-refractivity contribution < 1.29 is 66.6 Å². The van der Waals surface area contributed by atoms with Crippen LogP contribution in [0.25, 0.3) is 0 Å². The van der Waals surface area contributed by atoms with Crippen molar-refractivity contribution in [1.82, 2.24) is 21.4 Å². The van der Waals surface area contributed by atoms with Gasteiger partial charge in [-0.05, 0) is 6.42 Å². The van der Waals surface area contributed by atoms with Crippen LogP contribution in [0.1, 0.15) is 25.7 Å². The van der Waals surface area contributed by atoms with E-state index in [1.165, 1.54) is 6.20 Å². The van der Waals surface area contributed by atoms with E-state index in [1.807, 2.05) is 0 Å². The highest BCUT2D eigenvalue weighted by Crippen LogP contribution is 2.22. The van der Waals surface area contributed by atoms with Crippen LogP contribution in [-0.2, 0) is 66.6 Å². The van der Waals surface area contributed by atoms with Gasteiger partial charge in [-0.2, -0.15) is 0 Å². The molecule has 0 bridgehead atoms. The third-order valence-corrected chi connectivity index (χ3v) is 7.58. The molecule has 3 aliphatic heterocycles. The van der Waals surface area contributed by atoms with Crippen LogP contribution < -0.4 is 21.4 Å². The third-order valence-electron chi connectivity index (χ3n) is 7.58. The maximum atomic E-state index is 12.4. The van der Waals surface area contributed by atoms with Crippen molar-refractivity contribution in [2.45, 2.75) is 44.0 Å². The Morgan fingerprint density at radius 2 is 0.923 bits per heavy atom. The van der Waals surface area contributed by atoms with Gasteiger partial charge in [0.15, 0.2) is 0 Å². The van der Waals surface area contributed by atoms with E-state index in [-0.39, 0.29) is 102 Å². The highest BCUT2D eigenvalue weighted by Gasteiger charge is 2.33. The number of ether oxygens (including phenoxy) is 10. The molecule has 0 aromatic rings. The minimum absolute atomic E-state index is 0.141. The van der Waals surface area contributed by atoms with E-state index >= 15 is 0 Å². The first-order valence-electron chi connectivity index (χ1n) is 18.2. The minimum atomic E-state index is -0.806. The van der Waals surface area contributed by atoms with Crippen LogP contribution in [0.4, 0.5) is 0 Å². The number of hydrogen-bond donors (Lipinski definition) is 4. The van der Waals surface area contributed by atoms with E-state index in [0.29, 0.717) is 78.9 Å². The number of hydrogen-bond acceptors (Lipinski definition) is 15. The maximum absolute atomic E-state index is 12.4. The molecule has 3 heterocycles. The van der Waals surface area contributed by atoms with Crippen LogP contribution in [-0.4, -0.2) is 175 Å². The second-order valence-electron chi connectivity index (χ2n) is 12.6. The van der Waals surface area contributed by atoms with E-state index in [9.17, 15) is 14.4 Å². The molecule has 4 N–H and O–H groups in total. The molecule has 300 valence electrons. The molecule has 18 nitrogen and oxygen atoms in total. The Bertz CT molecular complexity index is 881. The van der Waals surface area contributed by atoms with Crippen molar-refractivity contribution in [2.24, 2.45) is 5.41 Å². The van der Waals surface area contributed by atoms with E-state index in [1.54, 1.807) is 0 Å². The Morgan fingerprint density at radius 3 is 1.27 bits per heavy atom. The average Bonchev–Trinajstić information content (AvgIpc) is 3.98. The molecule has 3 amide bonds. The molecule has 52 heavy (non-hydrogen) atoms. The predicted octanol–water partition coefficient (Wildman–Crippen LogP) is -1.14. The Labute approximate surface area is 306 Å². The van der Waals surface area contributed by atoms with Gasteiger partial charge in [-0.1, -0.05) is 6.58 Å². The van der Waals surface area contributed by atoms with Crippen LogP contribution in [0, 0.1) is 5.41 Å². The summed E-state index contributed by atoms with van der Waals surface area (Å²) in [5, 5.41) is 8.45. The zero-order chi connectivity index (χ0) is 37.0. The predicted molar refractivity (Wildman–Crippen MR) is 184 cm³/mol. The SMILES string of the molecule is C=CNOCCCOCC(COCCC(=O)NCCOCC1CO1)(COCCC(=O)NCCOCC1CO1)COCCC(=O)NCCOCC1CO1. The maximum Gasteiger partial charge on any atom is 0.222 e. The lowest BCUT2D eigenvalue weighted by atomic mass is 9.92. The van der Waals surface area contributed by atoms with Crippen molar-refractivity contribution >= 4 is 17.7 Å². The molecule has 0 aromatic heterocycles. The van der Waals surface area contributed by atoms with Crippen molar-refractivity contribution in [3.05, 3.63) is 12.8 Å². The van der Waals surface area contributed by atoms with Gasteiger partial charge in [0.2, 0.25) is 17.7 Å². The normalized spacial score (nSPS) is 19.7. The molecule has 3 aliphatic rings. The van der Waals surface area contributed by atoms with E-state index < -0.39 is 5.41 Å². The van der Waals surface area contributed by atoms with Gasteiger partial charge in [0.25, 0.3) is 0 Å². The Morgan fingerprint density at radius 1 is 0.558 bits per heavy atom. The summed E-state index contributed by atoms with van der Waals surface area (Å²) in [5.74, 6) is -0.491. The lowest BCUT2D eigenvalue weighted by Crippen LogP contribution is -2.43. The summed E-state index contributed by atoms with van der Waals surface area (Å²) in [6.45, 7) is 11.5. The zero-order valence-electron chi connectivity index (χ0n) is 30.4. The van der Waals surface area contributed by atoms with E-state index in [2.05, 4.69) is 28.0 Å². The molecule has 18 heteroatoms. The molecule has 0 aromatic carbocycles. The quantitative estimate of drug-likeness (QED) is 0.0334. The molecule has 0 radical (unpaired) electrons. The van der Waals surface area contributed by atoms with Crippen molar-refractivity contribution in [3.8, 4) is 0 Å². The topological polar surface area (TPSA) is 211 Å². The fourth-order valence-electron chi connectivity index (χ4n) is 4.44. The van der Waals surface area contributed by atoms with Crippen molar-refractivity contribution in [3.63, 3.8) is 0 Å².